The number of esters is 1. The molecular weight excluding hydrogens is 459 g/mol. The summed E-state index contributed by atoms with van der Waals surface area (Å²) < 4.78 is 44.0. The Bertz CT molecular complexity index is 1140. The molecule has 34 heavy (non-hydrogen) atoms. The fraction of sp³-hybridized carbons (Fsp3) is 0.318. The van der Waals surface area contributed by atoms with Gasteiger partial charge in [0.1, 0.15) is 5.69 Å². The van der Waals surface area contributed by atoms with Gasteiger partial charge in [0, 0.05) is 19.2 Å². The number of fused-ring (bicyclic) bond motifs is 1. The van der Waals surface area contributed by atoms with Crippen molar-refractivity contribution >= 4 is 29.2 Å². The molecule has 2 amide bonds. The van der Waals surface area contributed by atoms with E-state index in [-0.39, 0.29) is 42.7 Å². The SMILES string of the molecule is O=C(OCN1C(=O)c2ccccc2C1=O)C1CCN(c2ccc(C(F)(F)F)cc2[N+](=O)[O-])CC1. The summed E-state index contributed by atoms with van der Waals surface area (Å²) in [5, 5.41) is 11.3. The maximum absolute atomic E-state index is 12.9. The quantitative estimate of drug-likeness (QED) is 0.280. The van der Waals surface area contributed by atoms with E-state index in [4.69, 9.17) is 4.74 Å². The normalized spacial score (nSPS) is 16.6. The molecule has 0 N–H and O–H groups in total. The van der Waals surface area contributed by atoms with Crippen LogP contribution in [-0.2, 0) is 15.7 Å². The van der Waals surface area contributed by atoms with E-state index >= 15 is 0 Å². The molecule has 1 fully saturated rings. The fourth-order valence-electron chi connectivity index (χ4n) is 4.07. The van der Waals surface area contributed by atoms with Crippen LogP contribution >= 0.6 is 0 Å². The zero-order valence-corrected chi connectivity index (χ0v) is 17.6. The Kier molecular flexibility index (Phi) is 5.98. The molecule has 0 saturated carbocycles. The molecule has 1 saturated heterocycles. The van der Waals surface area contributed by atoms with Gasteiger partial charge in [-0.25, -0.2) is 4.90 Å². The second-order valence-electron chi connectivity index (χ2n) is 7.90. The number of piperidine rings is 1. The smallest absolute Gasteiger partial charge is 0.416 e. The van der Waals surface area contributed by atoms with Crippen LogP contribution in [0.25, 0.3) is 0 Å². The second kappa shape index (κ2) is 8.76. The number of ether oxygens (including phenoxy) is 1. The van der Waals surface area contributed by atoms with Crippen molar-refractivity contribution in [2.75, 3.05) is 24.7 Å². The Labute approximate surface area is 190 Å². The molecule has 2 aromatic rings. The van der Waals surface area contributed by atoms with Crippen LogP contribution in [0.2, 0.25) is 0 Å². The van der Waals surface area contributed by atoms with Gasteiger partial charge in [-0.1, -0.05) is 12.1 Å². The third-order valence-corrected chi connectivity index (χ3v) is 5.88. The molecule has 0 atom stereocenters. The number of nitro benzene ring substituents is 1. The number of anilines is 1. The predicted octanol–water partition coefficient (Wildman–Crippen LogP) is 3.63. The summed E-state index contributed by atoms with van der Waals surface area (Å²) in [5.74, 6) is -2.33. The lowest BCUT2D eigenvalue weighted by atomic mass is 9.96. The Morgan fingerprint density at radius 2 is 1.65 bits per heavy atom. The Morgan fingerprint density at radius 3 is 2.18 bits per heavy atom. The molecule has 12 heteroatoms. The van der Waals surface area contributed by atoms with Crippen molar-refractivity contribution in [3.63, 3.8) is 0 Å². The van der Waals surface area contributed by atoms with E-state index in [0.717, 1.165) is 17.0 Å². The lowest BCUT2D eigenvalue weighted by Gasteiger charge is -2.32. The number of hydrogen-bond acceptors (Lipinski definition) is 7. The molecule has 0 spiro atoms. The minimum absolute atomic E-state index is 0.0378. The van der Waals surface area contributed by atoms with E-state index in [0.29, 0.717) is 6.07 Å². The molecule has 9 nitrogen and oxygen atoms in total. The molecular formula is C22H18F3N3O6. The van der Waals surface area contributed by atoms with Crippen LogP contribution in [0.5, 0.6) is 0 Å². The maximum Gasteiger partial charge on any atom is 0.416 e. The van der Waals surface area contributed by atoms with Crippen molar-refractivity contribution in [3.05, 3.63) is 69.3 Å². The largest absolute Gasteiger partial charge is 0.443 e. The van der Waals surface area contributed by atoms with Gasteiger partial charge in [-0.15, -0.1) is 0 Å². The Balaban J connectivity index is 1.36. The van der Waals surface area contributed by atoms with E-state index in [1.165, 1.54) is 12.1 Å². The first-order valence-corrected chi connectivity index (χ1v) is 10.3. The summed E-state index contributed by atoms with van der Waals surface area (Å²) in [5.41, 5.74) is -1.28. The highest BCUT2D eigenvalue weighted by molar-refractivity contribution is 6.21. The zero-order chi connectivity index (χ0) is 24.6. The molecule has 0 radical (unpaired) electrons. The molecule has 2 aromatic carbocycles. The van der Waals surface area contributed by atoms with E-state index in [9.17, 15) is 37.7 Å². The van der Waals surface area contributed by atoms with Gasteiger partial charge in [-0.05, 0) is 37.1 Å². The number of halogens is 3. The van der Waals surface area contributed by atoms with Gasteiger partial charge in [0.05, 0.1) is 27.5 Å². The molecule has 178 valence electrons. The number of amides is 2. The highest BCUT2D eigenvalue weighted by Gasteiger charge is 2.37. The lowest BCUT2D eigenvalue weighted by molar-refractivity contribution is -0.384. The van der Waals surface area contributed by atoms with Gasteiger partial charge in [-0.3, -0.25) is 24.5 Å². The minimum atomic E-state index is -4.71. The number of carbonyl (C=O) groups excluding carboxylic acids is 3. The number of nitro groups is 1. The van der Waals surface area contributed by atoms with E-state index in [2.05, 4.69) is 0 Å². The minimum Gasteiger partial charge on any atom is -0.443 e. The zero-order valence-electron chi connectivity index (χ0n) is 17.6. The number of benzene rings is 2. The molecule has 2 aliphatic heterocycles. The molecule has 0 bridgehead atoms. The standard InChI is InChI=1S/C22H18F3N3O6/c23-22(24,25)14-5-6-17(18(11-14)28(32)33)26-9-7-13(8-10-26)21(31)34-12-27-19(29)15-3-1-2-4-16(15)20(27)30/h1-6,11,13H,7-10,12H2. The number of alkyl halides is 3. The summed E-state index contributed by atoms with van der Waals surface area (Å²) in [6.07, 6.45) is -4.24. The molecule has 2 heterocycles. The van der Waals surface area contributed by atoms with Crippen LogP contribution in [0, 0.1) is 16.0 Å². The van der Waals surface area contributed by atoms with Crippen LogP contribution in [-0.4, -0.2) is 47.4 Å². The molecule has 4 rings (SSSR count). The van der Waals surface area contributed by atoms with Crippen molar-refractivity contribution in [2.24, 2.45) is 5.92 Å². The Morgan fingerprint density at radius 1 is 1.06 bits per heavy atom. The van der Waals surface area contributed by atoms with Gasteiger partial charge < -0.3 is 9.64 Å². The average Bonchev–Trinajstić information content (AvgIpc) is 3.06. The highest BCUT2D eigenvalue weighted by Crippen LogP contribution is 2.37. The van der Waals surface area contributed by atoms with Crippen LogP contribution in [0.3, 0.4) is 0 Å². The average molecular weight is 477 g/mol. The highest BCUT2D eigenvalue weighted by atomic mass is 19.4. The molecule has 0 aliphatic carbocycles. The number of rotatable bonds is 5. The summed E-state index contributed by atoms with van der Waals surface area (Å²) in [6.45, 7) is -0.173. The van der Waals surface area contributed by atoms with Crippen LogP contribution in [0.4, 0.5) is 24.5 Å². The molecule has 0 unspecified atom stereocenters. The second-order valence-corrected chi connectivity index (χ2v) is 7.90. The number of hydrogen-bond donors (Lipinski definition) is 0. The number of nitrogens with zero attached hydrogens (tertiary/aromatic N) is 3. The van der Waals surface area contributed by atoms with Gasteiger partial charge in [0.2, 0.25) is 0 Å². The first-order chi connectivity index (χ1) is 16.1. The Hall–Kier alpha value is -3.96. The molecule has 0 aromatic heterocycles. The topological polar surface area (TPSA) is 110 Å². The first kappa shape index (κ1) is 23.2. The monoisotopic (exact) mass is 477 g/mol. The van der Waals surface area contributed by atoms with Gasteiger partial charge >= 0.3 is 12.1 Å². The van der Waals surface area contributed by atoms with E-state index < -0.39 is 52.8 Å². The van der Waals surface area contributed by atoms with Crippen molar-refractivity contribution in [1.82, 2.24) is 4.90 Å². The van der Waals surface area contributed by atoms with Crippen molar-refractivity contribution in [2.45, 2.75) is 19.0 Å². The summed E-state index contributed by atoms with van der Waals surface area (Å²) in [6, 6.07) is 8.59. The number of imide groups is 1. The third-order valence-electron chi connectivity index (χ3n) is 5.88. The summed E-state index contributed by atoms with van der Waals surface area (Å²) in [7, 11) is 0. The first-order valence-electron chi connectivity index (χ1n) is 10.3. The van der Waals surface area contributed by atoms with Crippen molar-refractivity contribution in [3.8, 4) is 0 Å². The predicted molar refractivity (Wildman–Crippen MR) is 111 cm³/mol. The third kappa shape index (κ3) is 4.30. The lowest BCUT2D eigenvalue weighted by Crippen LogP contribution is -2.39. The van der Waals surface area contributed by atoms with Crippen LogP contribution in [0.1, 0.15) is 39.1 Å². The number of carbonyl (C=O) groups is 3. The van der Waals surface area contributed by atoms with Crippen LogP contribution < -0.4 is 4.90 Å². The van der Waals surface area contributed by atoms with E-state index in [1.54, 1.807) is 17.0 Å². The summed E-state index contributed by atoms with van der Waals surface area (Å²) >= 11 is 0. The molecule has 2 aliphatic rings. The van der Waals surface area contributed by atoms with Crippen LogP contribution in [0.15, 0.2) is 42.5 Å². The summed E-state index contributed by atoms with van der Waals surface area (Å²) in [4.78, 5) is 50.0. The van der Waals surface area contributed by atoms with E-state index in [1.807, 2.05) is 0 Å². The fourth-order valence-corrected chi connectivity index (χ4v) is 4.07. The van der Waals surface area contributed by atoms with Gasteiger partial charge in [-0.2, -0.15) is 13.2 Å². The van der Waals surface area contributed by atoms with Crippen molar-refractivity contribution in [1.29, 1.82) is 0 Å². The van der Waals surface area contributed by atoms with Gasteiger partial charge in [0.25, 0.3) is 17.5 Å². The van der Waals surface area contributed by atoms with Gasteiger partial charge in [0.15, 0.2) is 6.73 Å². The van der Waals surface area contributed by atoms with Crippen molar-refractivity contribution < 1.29 is 37.2 Å². The maximum atomic E-state index is 12.9.